The molecular formula is C20H24Cl2N4O5. The molecule has 1 amide bonds. The number of hydrogen-bond donors (Lipinski definition) is 1. The number of hydrogen-bond acceptors (Lipinski definition) is 6. The predicted octanol–water partition coefficient (Wildman–Crippen LogP) is 4.83. The molecule has 2 aromatic rings. The molecule has 1 aliphatic rings. The van der Waals surface area contributed by atoms with Gasteiger partial charge < -0.3 is 20.0 Å². The molecule has 1 aromatic carbocycles. The standard InChI is InChI=1S/C20H24Cl2N4O5/c1-20(28,12-24-11-17(26(29)30)23-18(24)22)13-31-19(27)25(15-5-3-2-4-6-15)16-9-7-14(21)8-10-16/h7-11,15,28H,2-6,12-13H2,1H3/t20-/m1/s1. The van der Waals surface area contributed by atoms with Crippen LogP contribution < -0.4 is 4.90 Å². The number of rotatable bonds is 7. The van der Waals surface area contributed by atoms with Crippen LogP contribution in [0, 0.1) is 10.1 Å². The summed E-state index contributed by atoms with van der Waals surface area (Å²) in [7, 11) is 0. The van der Waals surface area contributed by atoms with Crippen molar-refractivity contribution in [2.45, 2.75) is 57.2 Å². The number of carbonyl (C=O) groups excluding carboxylic acids is 1. The van der Waals surface area contributed by atoms with E-state index in [2.05, 4.69) is 4.98 Å². The summed E-state index contributed by atoms with van der Waals surface area (Å²) in [6.07, 6.45) is 5.46. The van der Waals surface area contributed by atoms with Gasteiger partial charge in [0.2, 0.25) is 0 Å². The smallest absolute Gasteiger partial charge is 0.414 e. The molecular weight excluding hydrogens is 447 g/mol. The van der Waals surface area contributed by atoms with E-state index >= 15 is 0 Å². The Morgan fingerprint density at radius 1 is 1.32 bits per heavy atom. The summed E-state index contributed by atoms with van der Waals surface area (Å²) in [6, 6.07) is 6.95. The molecule has 0 radical (unpaired) electrons. The Balaban J connectivity index is 1.70. The number of anilines is 1. The van der Waals surface area contributed by atoms with E-state index in [4.69, 9.17) is 27.9 Å². The fraction of sp³-hybridized carbons (Fsp3) is 0.500. The van der Waals surface area contributed by atoms with E-state index in [0.29, 0.717) is 10.7 Å². The second-order valence-electron chi connectivity index (χ2n) is 7.94. The number of benzene rings is 1. The van der Waals surface area contributed by atoms with Crippen LogP contribution in [0.25, 0.3) is 0 Å². The van der Waals surface area contributed by atoms with Gasteiger partial charge in [0.05, 0.1) is 6.54 Å². The molecule has 1 aliphatic carbocycles. The van der Waals surface area contributed by atoms with Gasteiger partial charge in [-0.05, 0) is 65.5 Å². The maximum atomic E-state index is 13.0. The van der Waals surface area contributed by atoms with Gasteiger partial charge in [-0.1, -0.05) is 30.9 Å². The van der Waals surface area contributed by atoms with Crippen LogP contribution >= 0.6 is 23.2 Å². The fourth-order valence-electron chi connectivity index (χ4n) is 3.68. The summed E-state index contributed by atoms with van der Waals surface area (Å²) < 4.78 is 6.71. The van der Waals surface area contributed by atoms with Crippen molar-refractivity contribution in [1.29, 1.82) is 0 Å². The molecule has 1 saturated carbocycles. The highest BCUT2D eigenvalue weighted by Crippen LogP contribution is 2.29. The van der Waals surface area contributed by atoms with Gasteiger partial charge in [-0.15, -0.1) is 0 Å². The van der Waals surface area contributed by atoms with Gasteiger partial charge in [0.1, 0.15) is 18.4 Å². The van der Waals surface area contributed by atoms with Crippen LogP contribution in [0.4, 0.5) is 16.3 Å². The van der Waals surface area contributed by atoms with Gasteiger partial charge in [-0.2, -0.15) is 0 Å². The monoisotopic (exact) mass is 470 g/mol. The first-order valence-corrected chi connectivity index (χ1v) is 10.7. The van der Waals surface area contributed by atoms with Crippen molar-refractivity contribution in [2.75, 3.05) is 11.5 Å². The number of nitro groups is 1. The fourth-order valence-corrected chi connectivity index (χ4v) is 4.01. The average molecular weight is 471 g/mol. The second kappa shape index (κ2) is 9.84. The van der Waals surface area contributed by atoms with Crippen molar-refractivity contribution in [3.05, 3.63) is 50.9 Å². The van der Waals surface area contributed by atoms with E-state index < -0.39 is 22.4 Å². The van der Waals surface area contributed by atoms with E-state index in [1.165, 1.54) is 11.5 Å². The third-order valence-electron chi connectivity index (χ3n) is 5.16. The maximum absolute atomic E-state index is 13.0. The van der Waals surface area contributed by atoms with Crippen LogP contribution in [0.5, 0.6) is 0 Å². The molecule has 11 heteroatoms. The Labute approximate surface area is 189 Å². The SMILES string of the molecule is C[C@](O)(COC(=O)N(c1ccc(Cl)cc1)C1CCCCC1)Cn1cc([N+](=O)[O-])nc1Cl. The number of imidazole rings is 1. The largest absolute Gasteiger partial charge is 0.446 e. The van der Waals surface area contributed by atoms with E-state index in [9.17, 15) is 20.0 Å². The summed E-state index contributed by atoms with van der Waals surface area (Å²) in [5, 5.41) is 22.0. The normalized spacial score (nSPS) is 16.5. The van der Waals surface area contributed by atoms with Crippen LogP contribution in [0.1, 0.15) is 39.0 Å². The number of aliphatic hydroxyl groups is 1. The average Bonchev–Trinajstić information content (AvgIpc) is 3.09. The number of halogens is 2. The van der Waals surface area contributed by atoms with Crippen molar-refractivity contribution in [1.82, 2.24) is 9.55 Å². The molecule has 1 N–H and O–H groups in total. The summed E-state index contributed by atoms with van der Waals surface area (Å²) >= 11 is 11.9. The molecule has 1 heterocycles. The molecule has 0 unspecified atom stereocenters. The Hall–Kier alpha value is -2.36. The van der Waals surface area contributed by atoms with Crippen molar-refractivity contribution < 1.29 is 19.6 Å². The summed E-state index contributed by atoms with van der Waals surface area (Å²) in [5.74, 6) is -0.427. The third kappa shape index (κ3) is 6.09. The Morgan fingerprint density at radius 3 is 2.55 bits per heavy atom. The number of carbonyl (C=O) groups is 1. The van der Waals surface area contributed by atoms with Gasteiger partial charge in [0.25, 0.3) is 0 Å². The first-order valence-electron chi connectivity index (χ1n) is 9.97. The molecule has 1 atom stereocenters. The molecule has 3 rings (SSSR count). The first-order chi connectivity index (χ1) is 14.7. The highest BCUT2D eigenvalue weighted by molar-refractivity contribution is 6.30. The molecule has 0 saturated heterocycles. The Bertz CT molecular complexity index is 926. The van der Waals surface area contributed by atoms with Gasteiger partial charge >= 0.3 is 17.2 Å². The molecule has 9 nitrogen and oxygen atoms in total. The summed E-state index contributed by atoms with van der Waals surface area (Å²) in [4.78, 5) is 28.4. The van der Waals surface area contributed by atoms with Crippen LogP contribution in [-0.4, -0.2) is 43.9 Å². The molecule has 1 fully saturated rings. The highest BCUT2D eigenvalue weighted by atomic mass is 35.5. The van der Waals surface area contributed by atoms with Crippen LogP contribution in [0.2, 0.25) is 10.3 Å². The second-order valence-corrected chi connectivity index (χ2v) is 8.72. The van der Waals surface area contributed by atoms with Crippen LogP contribution in [0.3, 0.4) is 0 Å². The number of aromatic nitrogens is 2. The Morgan fingerprint density at radius 2 is 1.97 bits per heavy atom. The maximum Gasteiger partial charge on any atom is 0.414 e. The molecule has 0 spiro atoms. The lowest BCUT2D eigenvalue weighted by molar-refractivity contribution is -0.389. The van der Waals surface area contributed by atoms with Crippen molar-refractivity contribution in [2.24, 2.45) is 0 Å². The zero-order valence-corrected chi connectivity index (χ0v) is 18.6. The summed E-state index contributed by atoms with van der Waals surface area (Å²) in [6.45, 7) is 0.991. The van der Waals surface area contributed by atoms with Crippen molar-refractivity contribution >= 4 is 40.8 Å². The zero-order chi connectivity index (χ0) is 22.6. The first kappa shape index (κ1) is 23.3. The van der Waals surface area contributed by atoms with E-state index in [1.807, 2.05) is 0 Å². The minimum absolute atomic E-state index is 0.00174. The van der Waals surface area contributed by atoms with Gasteiger partial charge in [-0.25, -0.2) is 4.79 Å². The van der Waals surface area contributed by atoms with Crippen LogP contribution in [0.15, 0.2) is 30.5 Å². The van der Waals surface area contributed by atoms with Crippen molar-refractivity contribution in [3.63, 3.8) is 0 Å². The lowest BCUT2D eigenvalue weighted by Crippen LogP contribution is -2.45. The quantitative estimate of drug-likeness (QED) is 0.458. The predicted molar refractivity (Wildman–Crippen MR) is 117 cm³/mol. The van der Waals surface area contributed by atoms with Gasteiger partial charge in [0.15, 0.2) is 0 Å². The summed E-state index contributed by atoms with van der Waals surface area (Å²) in [5.41, 5.74) is -0.847. The number of ether oxygens (including phenoxy) is 1. The third-order valence-corrected chi connectivity index (χ3v) is 5.71. The van der Waals surface area contributed by atoms with Crippen LogP contribution in [-0.2, 0) is 11.3 Å². The van der Waals surface area contributed by atoms with E-state index in [1.54, 1.807) is 29.2 Å². The van der Waals surface area contributed by atoms with Gasteiger partial charge in [0, 0.05) is 16.8 Å². The van der Waals surface area contributed by atoms with Gasteiger partial charge in [-0.3, -0.25) is 9.47 Å². The topological polar surface area (TPSA) is 111 Å². The minimum Gasteiger partial charge on any atom is -0.446 e. The Kier molecular flexibility index (Phi) is 7.40. The molecule has 0 bridgehead atoms. The van der Waals surface area contributed by atoms with E-state index in [0.717, 1.165) is 38.3 Å². The highest BCUT2D eigenvalue weighted by Gasteiger charge is 2.32. The zero-order valence-electron chi connectivity index (χ0n) is 17.0. The van der Waals surface area contributed by atoms with Crippen molar-refractivity contribution in [3.8, 4) is 0 Å². The van der Waals surface area contributed by atoms with E-state index in [-0.39, 0.29) is 24.5 Å². The molecule has 31 heavy (non-hydrogen) atoms. The number of nitrogens with zero attached hydrogens (tertiary/aromatic N) is 4. The molecule has 168 valence electrons. The lowest BCUT2D eigenvalue weighted by Gasteiger charge is -2.34. The minimum atomic E-state index is -1.52. The number of amides is 1. The molecule has 0 aliphatic heterocycles. The molecule has 1 aromatic heterocycles. The lowest BCUT2D eigenvalue weighted by atomic mass is 9.94.